The van der Waals surface area contributed by atoms with Crippen molar-refractivity contribution in [3.05, 3.63) is 0 Å². The van der Waals surface area contributed by atoms with E-state index >= 15 is 0 Å². The first kappa shape index (κ1) is 7.41. The third-order valence-electron chi connectivity index (χ3n) is 1.47. The van der Waals surface area contributed by atoms with Crippen LogP contribution in [0.4, 0.5) is 0 Å². The van der Waals surface area contributed by atoms with Crippen molar-refractivity contribution in [2.75, 3.05) is 13.6 Å². The first-order chi connectivity index (χ1) is 5.31. The molecule has 64 valence electrons. The van der Waals surface area contributed by atoms with Gasteiger partial charge in [0.2, 0.25) is 0 Å². The van der Waals surface area contributed by atoms with E-state index in [2.05, 4.69) is 14.7 Å². The van der Waals surface area contributed by atoms with Gasteiger partial charge in [-0.2, -0.15) is 9.78 Å². The first-order valence-electron chi connectivity index (χ1n) is 3.16. The summed E-state index contributed by atoms with van der Waals surface area (Å²) in [5.74, 6) is -1.02. The van der Waals surface area contributed by atoms with Gasteiger partial charge < -0.3 is 9.47 Å². The molecule has 0 N–H and O–H groups in total. The van der Waals surface area contributed by atoms with Gasteiger partial charge in [0.25, 0.3) is 12.1 Å². The summed E-state index contributed by atoms with van der Waals surface area (Å²) in [7, 11) is 0. The molecule has 0 amide bonds. The lowest BCUT2D eigenvalue weighted by Gasteiger charge is -2.21. The molecule has 11 heavy (non-hydrogen) atoms. The van der Waals surface area contributed by atoms with Gasteiger partial charge >= 0.3 is 0 Å². The Balaban J connectivity index is 2.00. The van der Waals surface area contributed by atoms with Crippen molar-refractivity contribution in [2.24, 2.45) is 0 Å². The Bertz CT molecular complexity index is 136. The van der Waals surface area contributed by atoms with E-state index < -0.39 is 12.1 Å². The molecule has 0 aliphatic carbocycles. The summed E-state index contributed by atoms with van der Waals surface area (Å²) in [5.41, 5.74) is 0. The highest BCUT2D eigenvalue weighted by Gasteiger charge is 2.47. The predicted octanol–water partition coefficient (Wildman–Crippen LogP) is -0.0995. The quantitative estimate of drug-likeness (QED) is 0.504. The average Bonchev–Trinajstić information content (AvgIpc) is 2.55. The van der Waals surface area contributed by atoms with E-state index in [0.29, 0.717) is 0 Å². The summed E-state index contributed by atoms with van der Waals surface area (Å²) in [5, 5.41) is 0. The largest absolute Gasteiger partial charge is 0.315 e. The third kappa shape index (κ3) is 1.24. The summed E-state index contributed by atoms with van der Waals surface area (Å²) in [6.07, 6.45) is -0.690. The van der Waals surface area contributed by atoms with Crippen LogP contribution < -0.4 is 0 Å². The van der Waals surface area contributed by atoms with Gasteiger partial charge in [-0.1, -0.05) is 0 Å². The van der Waals surface area contributed by atoms with E-state index in [0.717, 1.165) is 0 Å². The highest BCUT2D eigenvalue weighted by Crippen LogP contribution is 2.28. The van der Waals surface area contributed by atoms with Crippen molar-refractivity contribution < 1.29 is 29.0 Å². The Morgan fingerprint density at radius 1 is 1.27 bits per heavy atom. The Labute approximate surface area is 62.7 Å². The van der Waals surface area contributed by atoms with E-state index in [-0.39, 0.29) is 13.6 Å². The zero-order valence-electron chi connectivity index (χ0n) is 5.94. The molecule has 2 atom stereocenters. The Hall–Kier alpha value is -0.240. The van der Waals surface area contributed by atoms with Crippen molar-refractivity contribution in [3.63, 3.8) is 0 Å². The standard InChI is InChI=1S/C5H8O6/c1-5(7-3-9-11-5)4-6-2-8-10-4/h4H,2-3H2,1H3/t4-,5+/m0/s1. The van der Waals surface area contributed by atoms with E-state index in [4.69, 9.17) is 14.4 Å². The number of hydrogen-bond acceptors (Lipinski definition) is 6. The second-order valence-electron chi connectivity index (χ2n) is 2.31. The average molecular weight is 164 g/mol. The van der Waals surface area contributed by atoms with Crippen LogP contribution in [0.5, 0.6) is 0 Å². The fourth-order valence-electron chi connectivity index (χ4n) is 0.859. The SMILES string of the molecule is C[C@@]1([C@H]2OCOO2)OCOO1. The van der Waals surface area contributed by atoms with Gasteiger partial charge in [0.1, 0.15) is 0 Å². The lowest BCUT2D eigenvalue weighted by molar-refractivity contribution is -0.395. The van der Waals surface area contributed by atoms with Crippen molar-refractivity contribution in [1.82, 2.24) is 0 Å². The fraction of sp³-hybridized carbons (Fsp3) is 1.00. The van der Waals surface area contributed by atoms with Gasteiger partial charge in [0, 0.05) is 0 Å². The molecule has 0 saturated carbocycles. The molecule has 2 fully saturated rings. The topological polar surface area (TPSA) is 55.4 Å². The Morgan fingerprint density at radius 2 is 2.18 bits per heavy atom. The lowest BCUT2D eigenvalue weighted by Crippen LogP contribution is -2.40. The van der Waals surface area contributed by atoms with Gasteiger partial charge in [-0.3, -0.25) is 0 Å². The van der Waals surface area contributed by atoms with Gasteiger partial charge in [-0.05, 0) is 6.92 Å². The normalized spacial score (nSPS) is 45.0. The number of rotatable bonds is 1. The van der Waals surface area contributed by atoms with Crippen LogP contribution in [0.15, 0.2) is 0 Å². The summed E-state index contributed by atoms with van der Waals surface area (Å²) >= 11 is 0. The molecule has 0 aromatic heterocycles. The Kier molecular flexibility index (Phi) is 1.80. The molecule has 2 heterocycles. The monoisotopic (exact) mass is 164 g/mol. The minimum Gasteiger partial charge on any atom is -0.315 e. The van der Waals surface area contributed by atoms with Crippen LogP contribution in [0.25, 0.3) is 0 Å². The van der Waals surface area contributed by atoms with Crippen LogP contribution in [0.3, 0.4) is 0 Å². The highest BCUT2D eigenvalue weighted by atomic mass is 17.3. The van der Waals surface area contributed by atoms with E-state index in [1.165, 1.54) is 0 Å². The number of ether oxygens (including phenoxy) is 2. The van der Waals surface area contributed by atoms with Crippen LogP contribution in [-0.2, 0) is 29.0 Å². The van der Waals surface area contributed by atoms with E-state index in [1.54, 1.807) is 6.92 Å². The van der Waals surface area contributed by atoms with Gasteiger partial charge in [0.05, 0.1) is 0 Å². The van der Waals surface area contributed by atoms with Crippen LogP contribution in [0.2, 0.25) is 0 Å². The van der Waals surface area contributed by atoms with Crippen LogP contribution in [0, 0.1) is 0 Å². The summed E-state index contributed by atoms with van der Waals surface area (Å²) < 4.78 is 10.0. The third-order valence-corrected chi connectivity index (χ3v) is 1.47. The Morgan fingerprint density at radius 3 is 2.73 bits per heavy atom. The second-order valence-corrected chi connectivity index (χ2v) is 2.31. The smallest absolute Gasteiger partial charge is 0.255 e. The minimum absolute atomic E-state index is 0.0692. The molecule has 0 radical (unpaired) electrons. The molecule has 0 bridgehead atoms. The molecule has 2 rings (SSSR count). The molecule has 6 heteroatoms. The van der Waals surface area contributed by atoms with Crippen LogP contribution in [-0.4, -0.2) is 25.7 Å². The zero-order chi connectivity index (χ0) is 7.73. The molecule has 0 spiro atoms. The maximum Gasteiger partial charge on any atom is 0.255 e. The summed E-state index contributed by atoms with van der Waals surface area (Å²) in [4.78, 5) is 18.5. The molecule has 2 aliphatic heterocycles. The van der Waals surface area contributed by atoms with E-state index in [1.807, 2.05) is 0 Å². The van der Waals surface area contributed by atoms with Gasteiger partial charge in [0.15, 0.2) is 13.6 Å². The highest BCUT2D eigenvalue weighted by molar-refractivity contribution is 4.67. The molecule has 2 saturated heterocycles. The molecule has 0 aromatic rings. The number of hydrogen-bond donors (Lipinski definition) is 0. The molecule has 6 nitrogen and oxygen atoms in total. The molecule has 0 unspecified atom stereocenters. The minimum atomic E-state index is -1.02. The molecular weight excluding hydrogens is 156 g/mol. The molecule has 0 aromatic carbocycles. The van der Waals surface area contributed by atoms with E-state index in [9.17, 15) is 0 Å². The fourth-order valence-corrected chi connectivity index (χ4v) is 0.859. The van der Waals surface area contributed by atoms with Crippen molar-refractivity contribution in [3.8, 4) is 0 Å². The maximum absolute atomic E-state index is 5.05. The summed E-state index contributed by atoms with van der Waals surface area (Å²) in [6, 6.07) is 0. The molecule has 2 aliphatic rings. The van der Waals surface area contributed by atoms with Crippen molar-refractivity contribution in [2.45, 2.75) is 19.0 Å². The summed E-state index contributed by atoms with van der Waals surface area (Å²) in [6.45, 7) is 1.78. The maximum atomic E-state index is 5.05. The van der Waals surface area contributed by atoms with Crippen LogP contribution >= 0.6 is 0 Å². The predicted molar refractivity (Wildman–Crippen MR) is 28.4 cm³/mol. The van der Waals surface area contributed by atoms with Crippen molar-refractivity contribution >= 4 is 0 Å². The van der Waals surface area contributed by atoms with Gasteiger partial charge in [-0.15, -0.1) is 0 Å². The van der Waals surface area contributed by atoms with Crippen molar-refractivity contribution in [1.29, 1.82) is 0 Å². The second kappa shape index (κ2) is 2.67. The van der Waals surface area contributed by atoms with Gasteiger partial charge in [-0.25, -0.2) is 9.78 Å². The zero-order valence-corrected chi connectivity index (χ0v) is 5.94. The first-order valence-corrected chi connectivity index (χ1v) is 3.16. The lowest BCUT2D eigenvalue weighted by atomic mass is 10.3. The molecular formula is C5H8O6. The van der Waals surface area contributed by atoms with Crippen LogP contribution in [0.1, 0.15) is 6.92 Å².